The normalized spacial score (nSPS) is 20.0. The third-order valence-electron chi connectivity index (χ3n) is 6.12. The Kier molecular flexibility index (Phi) is 5.42. The monoisotopic (exact) mass is 395 g/mol. The number of fused-ring (bicyclic) bond motifs is 1. The van der Waals surface area contributed by atoms with Gasteiger partial charge in [0.25, 0.3) is 5.56 Å². The highest BCUT2D eigenvalue weighted by atomic mass is 31.1. The molecule has 0 saturated carbocycles. The van der Waals surface area contributed by atoms with Gasteiger partial charge in [0.15, 0.2) is 0 Å². The van der Waals surface area contributed by atoms with Crippen LogP contribution in [0.5, 0.6) is 0 Å². The van der Waals surface area contributed by atoms with Crippen molar-refractivity contribution < 1.29 is 0 Å². The van der Waals surface area contributed by atoms with Gasteiger partial charge in [-0.1, -0.05) is 13.0 Å². The molecule has 148 valence electrons. The number of nitrogens with zero attached hydrogens (tertiary/aromatic N) is 3. The molecule has 1 aliphatic rings. The molecule has 0 N–H and O–H groups in total. The average molecular weight is 395 g/mol. The molecule has 5 heteroatoms. The number of rotatable bonds is 4. The second-order valence-corrected chi connectivity index (χ2v) is 10.9. The molecule has 3 aromatic rings. The minimum absolute atomic E-state index is 0.0586. The van der Waals surface area contributed by atoms with Crippen LogP contribution in [0.4, 0.5) is 0 Å². The van der Waals surface area contributed by atoms with Gasteiger partial charge < -0.3 is 9.13 Å². The van der Waals surface area contributed by atoms with Crippen LogP contribution in [0.3, 0.4) is 0 Å². The van der Waals surface area contributed by atoms with E-state index in [0.29, 0.717) is 5.92 Å². The SMILES string of the molecule is CCc1ccc2nc(-c3cc(C)c(=O)n(C)c3)n(CC3CCP(C)CC3)c2c1. The molecule has 0 aliphatic carbocycles. The third-order valence-corrected chi connectivity index (χ3v) is 8.16. The Morgan fingerprint density at radius 1 is 1.21 bits per heavy atom. The molecule has 2 aromatic heterocycles. The van der Waals surface area contributed by atoms with Gasteiger partial charge in [0.2, 0.25) is 0 Å². The summed E-state index contributed by atoms with van der Waals surface area (Å²) in [5.41, 5.74) is 5.47. The largest absolute Gasteiger partial charge is 0.324 e. The van der Waals surface area contributed by atoms with Gasteiger partial charge in [-0.25, -0.2) is 4.98 Å². The predicted molar refractivity (Wildman–Crippen MR) is 120 cm³/mol. The molecule has 1 saturated heterocycles. The number of hydrogen-bond acceptors (Lipinski definition) is 2. The molecule has 0 radical (unpaired) electrons. The van der Waals surface area contributed by atoms with E-state index in [4.69, 9.17) is 4.98 Å². The first-order valence-corrected chi connectivity index (χ1v) is 12.5. The molecule has 0 bridgehead atoms. The zero-order valence-corrected chi connectivity index (χ0v) is 18.3. The molecule has 0 atom stereocenters. The highest BCUT2D eigenvalue weighted by Crippen LogP contribution is 2.41. The molecule has 1 aliphatic heterocycles. The summed E-state index contributed by atoms with van der Waals surface area (Å²) in [6.45, 7) is 7.54. The molecule has 28 heavy (non-hydrogen) atoms. The first-order chi connectivity index (χ1) is 13.5. The Hall–Kier alpha value is -1.93. The molecule has 0 amide bonds. The van der Waals surface area contributed by atoms with Gasteiger partial charge in [-0.15, -0.1) is 7.92 Å². The van der Waals surface area contributed by atoms with Crippen LogP contribution >= 0.6 is 7.92 Å². The fraction of sp³-hybridized carbons (Fsp3) is 0.478. The van der Waals surface area contributed by atoms with Crippen molar-refractivity contribution in [2.75, 3.05) is 19.0 Å². The third kappa shape index (κ3) is 3.67. The fourth-order valence-corrected chi connectivity index (χ4v) is 6.13. The summed E-state index contributed by atoms with van der Waals surface area (Å²) in [4.78, 5) is 17.2. The van der Waals surface area contributed by atoms with E-state index in [1.54, 1.807) is 4.57 Å². The average Bonchev–Trinajstić information content (AvgIpc) is 3.05. The van der Waals surface area contributed by atoms with E-state index < -0.39 is 0 Å². The van der Waals surface area contributed by atoms with E-state index in [1.165, 1.54) is 36.2 Å². The van der Waals surface area contributed by atoms with Gasteiger partial charge in [-0.3, -0.25) is 4.79 Å². The number of pyridine rings is 1. The molecule has 3 heterocycles. The number of imidazole rings is 1. The molecule has 4 rings (SSSR count). The second-order valence-electron chi connectivity index (χ2n) is 8.30. The highest BCUT2D eigenvalue weighted by molar-refractivity contribution is 7.56. The summed E-state index contributed by atoms with van der Waals surface area (Å²) >= 11 is 0. The van der Waals surface area contributed by atoms with Gasteiger partial charge in [-0.05, 0) is 74.9 Å². The summed E-state index contributed by atoms with van der Waals surface area (Å²) in [5.74, 6) is 1.71. The van der Waals surface area contributed by atoms with Crippen molar-refractivity contribution in [3.8, 4) is 11.4 Å². The van der Waals surface area contributed by atoms with Crippen LogP contribution in [0.1, 0.15) is 30.9 Å². The van der Waals surface area contributed by atoms with Crippen molar-refractivity contribution in [2.45, 2.75) is 39.7 Å². The molecule has 4 nitrogen and oxygen atoms in total. The standard InChI is InChI=1S/C23H30N3OP/c1-5-17-6-7-20-21(13-17)26(14-18-8-10-28(4)11-9-18)22(24-20)19-12-16(2)23(27)25(3)15-19/h6-7,12-13,15,18H,5,8-11,14H2,1-4H3. The maximum absolute atomic E-state index is 12.2. The molecule has 0 spiro atoms. The lowest BCUT2D eigenvalue weighted by Crippen LogP contribution is -2.20. The van der Waals surface area contributed by atoms with Gasteiger partial charge in [0.05, 0.1) is 11.0 Å². The minimum atomic E-state index is 0.0586. The van der Waals surface area contributed by atoms with Gasteiger partial charge in [0.1, 0.15) is 5.82 Å². The lowest BCUT2D eigenvalue weighted by molar-refractivity contribution is 0.421. The molecule has 0 unspecified atom stereocenters. The Morgan fingerprint density at radius 2 is 1.96 bits per heavy atom. The van der Waals surface area contributed by atoms with Crippen molar-refractivity contribution >= 4 is 19.0 Å². The number of benzene rings is 1. The van der Waals surface area contributed by atoms with E-state index in [1.807, 2.05) is 26.2 Å². The second kappa shape index (κ2) is 7.83. The van der Waals surface area contributed by atoms with Crippen molar-refractivity contribution in [1.82, 2.24) is 14.1 Å². The van der Waals surface area contributed by atoms with Crippen LogP contribution in [-0.4, -0.2) is 33.1 Å². The summed E-state index contributed by atoms with van der Waals surface area (Å²) in [6, 6.07) is 8.62. The van der Waals surface area contributed by atoms with E-state index >= 15 is 0 Å². The Labute approximate surface area is 168 Å². The van der Waals surface area contributed by atoms with Crippen LogP contribution in [0.15, 0.2) is 35.3 Å². The Morgan fingerprint density at radius 3 is 2.64 bits per heavy atom. The van der Waals surface area contributed by atoms with Gasteiger partial charge >= 0.3 is 0 Å². The lowest BCUT2D eigenvalue weighted by Gasteiger charge is -2.27. The Bertz CT molecular complexity index is 1030. The molecular formula is C23H30N3OP. The van der Waals surface area contributed by atoms with Crippen molar-refractivity contribution in [1.29, 1.82) is 0 Å². The highest BCUT2D eigenvalue weighted by Gasteiger charge is 2.22. The van der Waals surface area contributed by atoms with Crippen molar-refractivity contribution in [3.63, 3.8) is 0 Å². The molecular weight excluding hydrogens is 365 g/mol. The number of hydrogen-bond donors (Lipinski definition) is 0. The number of aromatic nitrogens is 3. The summed E-state index contributed by atoms with van der Waals surface area (Å²) in [5, 5.41) is 0. The van der Waals surface area contributed by atoms with E-state index in [-0.39, 0.29) is 13.5 Å². The smallest absolute Gasteiger partial charge is 0.253 e. The van der Waals surface area contributed by atoms with Crippen LogP contribution in [0.25, 0.3) is 22.4 Å². The predicted octanol–water partition coefficient (Wildman–Crippen LogP) is 4.79. The summed E-state index contributed by atoms with van der Waals surface area (Å²) in [7, 11) is 2.07. The molecule has 1 aromatic carbocycles. The minimum Gasteiger partial charge on any atom is -0.324 e. The summed E-state index contributed by atoms with van der Waals surface area (Å²) < 4.78 is 4.10. The first-order valence-electron chi connectivity index (χ1n) is 10.3. The van der Waals surface area contributed by atoms with Crippen LogP contribution < -0.4 is 5.56 Å². The van der Waals surface area contributed by atoms with Crippen LogP contribution in [-0.2, 0) is 20.0 Å². The maximum Gasteiger partial charge on any atom is 0.253 e. The van der Waals surface area contributed by atoms with Gasteiger partial charge in [0, 0.05) is 30.9 Å². The summed E-state index contributed by atoms with van der Waals surface area (Å²) in [6.07, 6.45) is 8.38. The maximum atomic E-state index is 12.2. The van der Waals surface area contributed by atoms with E-state index in [9.17, 15) is 4.79 Å². The van der Waals surface area contributed by atoms with Crippen molar-refractivity contribution in [3.05, 3.63) is 51.9 Å². The Balaban J connectivity index is 1.84. The lowest BCUT2D eigenvalue weighted by atomic mass is 10.0. The van der Waals surface area contributed by atoms with Crippen LogP contribution in [0, 0.1) is 12.8 Å². The van der Waals surface area contributed by atoms with Crippen molar-refractivity contribution in [2.24, 2.45) is 13.0 Å². The topological polar surface area (TPSA) is 39.8 Å². The molecule has 1 fully saturated rings. The zero-order valence-electron chi connectivity index (χ0n) is 17.4. The van der Waals surface area contributed by atoms with Gasteiger partial charge in [-0.2, -0.15) is 0 Å². The van der Waals surface area contributed by atoms with Crippen LogP contribution in [0.2, 0.25) is 0 Å². The first kappa shape index (κ1) is 19.4. The fourth-order valence-electron chi connectivity index (χ4n) is 4.30. The van der Waals surface area contributed by atoms with E-state index in [2.05, 4.69) is 36.4 Å². The van der Waals surface area contributed by atoms with E-state index in [0.717, 1.165) is 35.4 Å². The quantitative estimate of drug-likeness (QED) is 0.596. The zero-order chi connectivity index (χ0) is 19.8. The number of aryl methyl sites for hydroxylation is 3.